The van der Waals surface area contributed by atoms with E-state index in [1.165, 1.54) is 0 Å². The maximum atomic E-state index is 11.9. The summed E-state index contributed by atoms with van der Waals surface area (Å²) in [5.74, 6) is 1.39. The van der Waals surface area contributed by atoms with Gasteiger partial charge >= 0.3 is 0 Å². The second-order valence-electron chi connectivity index (χ2n) is 7.73. The zero-order chi connectivity index (χ0) is 20.3. The summed E-state index contributed by atoms with van der Waals surface area (Å²) in [6.45, 7) is 8.37. The molecule has 0 fully saturated rings. The Morgan fingerprint density at radius 1 is 1.15 bits per heavy atom. The topological polar surface area (TPSA) is 78.0 Å². The fourth-order valence-corrected chi connectivity index (χ4v) is 2.31. The number of nitrogens with zero attached hydrogens (tertiary/aromatic N) is 2. The zero-order valence-electron chi connectivity index (χ0n) is 17.6. The van der Waals surface area contributed by atoms with Crippen molar-refractivity contribution in [3.63, 3.8) is 0 Å². The van der Waals surface area contributed by atoms with Crippen LogP contribution in [0.3, 0.4) is 0 Å². The molecule has 3 N–H and O–H groups in total. The molecule has 7 nitrogen and oxygen atoms in total. The predicted octanol–water partition coefficient (Wildman–Crippen LogP) is 1.60. The molecule has 1 aromatic carbocycles. The molecule has 0 saturated carbocycles. The number of guanidine groups is 1. The summed E-state index contributed by atoms with van der Waals surface area (Å²) in [4.78, 5) is 18.1. The smallest absolute Gasteiger partial charge is 0.239 e. The molecule has 0 spiro atoms. The highest BCUT2D eigenvalue weighted by molar-refractivity contribution is 5.86. The average molecular weight is 378 g/mol. The summed E-state index contributed by atoms with van der Waals surface area (Å²) in [6, 6.07) is 7.99. The zero-order valence-corrected chi connectivity index (χ0v) is 17.6. The average Bonchev–Trinajstić information content (AvgIpc) is 2.58. The molecule has 0 saturated heterocycles. The van der Waals surface area contributed by atoms with E-state index in [-0.39, 0.29) is 18.0 Å². The maximum Gasteiger partial charge on any atom is 0.239 e. The van der Waals surface area contributed by atoms with E-state index in [9.17, 15) is 4.79 Å². The molecule has 1 amide bonds. The molecule has 0 aliphatic rings. The van der Waals surface area contributed by atoms with Gasteiger partial charge in [0.1, 0.15) is 5.75 Å². The lowest BCUT2D eigenvalue weighted by Gasteiger charge is -2.21. The normalized spacial score (nSPS) is 12.0. The number of hydrogen-bond donors (Lipinski definition) is 3. The Hall–Kier alpha value is -2.28. The number of nitrogens with one attached hydrogen (secondary N) is 3. The first-order valence-electron chi connectivity index (χ1n) is 9.31. The van der Waals surface area contributed by atoms with Gasteiger partial charge in [-0.15, -0.1) is 0 Å². The summed E-state index contributed by atoms with van der Waals surface area (Å²) < 4.78 is 5.74. The minimum Gasteiger partial charge on any atom is -0.494 e. The first kappa shape index (κ1) is 22.8. The molecule has 0 radical (unpaired) electrons. The first-order valence-corrected chi connectivity index (χ1v) is 9.31. The van der Waals surface area contributed by atoms with Crippen molar-refractivity contribution in [3.8, 4) is 5.75 Å². The highest BCUT2D eigenvalue weighted by Crippen LogP contribution is 2.12. The van der Waals surface area contributed by atoms with Gasteiger partial charge in [-0.2, -0.15) is 0 Å². The third kappa shape index (κ3) is 11.1. The number of carbonyl (C=O) groups excluding carboxylic acids is 1. The lowest BCUT2D eigenvalue weighted by atomic mass is 10.1. The van der Waals surface area contributed by atoms with Gasteiger partial charge in [0.15, 0.2) is 5.96 Å². The Kier molecular flexibility index (Phi) is 9.64. The van der Waals surface area contributed by atoms with E-state index in [4.69, 9.17) is 4.74 Å². The molecule has 152 valence electrons. The van der Waals surface area contributed by atoms with E-state index in [0.29, 0.717) is 19.1 Å². The molecule has 0 unspecified atom stereocenters. The predicted molar refractivity (Wildman–Crippen MR) is 111 cm³/mol. The van der Waals surface area contributed by atoms with E-state index in [0.717, 1.165) is 24.3 Å². The van der Waals surface area contributed by atoms with Gasteiger partial charge in [0, 0.05) is 25.7 Å². The second kappa shape index (κ2) is 11.4. The summed E-state index contributed by atoms with van der Waals surface area (Å²) in [5.41, 5.74) is 0.865. The number of aliphatic imine (C=N–C) groups is 1. The SMILES string of the molecule is CN=C(NCC(=O)NC(C)(C)C)NCc1ccc(OCCCN(C)C)cc1. The number of hydrogen-bond acceptors (Lipinski definition) is 4. The van der Waals surface area contributed by atoms with E-state index in [1.807, 2.05) is 45.0 Å². The van der Waals surface area contributed by atoms with Crippen LogP contribution in [0.4, 0.5) is 0 Å². The third-order valence-electron chi connectivity index (χ3n) is 3.56. The third-order valence-corrected chi connectivity index (χ3v) is 3.56. The molecular weight excluding hydrogens is 342 g/mol. The number of rotatable bonds is 9. The number of benzene rings is 1. The second-order valence-corrected chi connectivity index (χ2v) is 7.73. The summed E-state index contributed by atoms with van der Waals surface area (Å²) in [6.07, 6.45) is 1.00. The van der Waals surface area contributed by atoms with Crippen molar-refractivity contribution in [2.24, 2.45) is 4.99 Å². The quantitative estimate of drug-likeness (QED) is 0.346. The Labute approximate surface area is 163 Å². The lowest BCUT2D eigenvalue weighted by Crippen LogP contribution is -2.48. The van der Waals surface area contributed by atoms with Gasteiger partial charge in [0.25, 0.3) is 0 Å². The fourth-order valence-electron chi connectivity index (χ4n) is 2.31. The van der Waals surface area contributed by atoms with Gasteiger partial charge in [-0.1, -0.05) is 12.1 Å². The summed E-state index contributed by atoms with van der Waals surface area (Å²) >= 11 is 0. The van der Waals surface area contributed by atoms with Crippen molar-refractivity contribution in [2.45, 2.75) is 39.3 Å². The fraction of sp³-hybridized carbons (Fsp3) is 0.600. The van der Waals surface area contributed by atoms with Crippen LogP contribution < -0.4 is 20.7 Å². The molecule has 0 aliphatic heterocycles. The monoisotopic (exact) mass is 377 g/mol. The highest BCUT2D eigenvalue weighted by atomic mass is 16.5. The van der Waals surface area contributed by atoms with Crippen LogP contribution in [0.25, 0.3) is 0 Å². The van der Waals surface area contributed by atoms with Crippen LogP contribution in [0.15, 0.2) is 29.3 Å². The van der Waals surface area contributed by atoms with Crippen LogP contribution in [0.2, 0.25) is 0 Å². The van der Waals surface area contributed by atoms with Crippen molar-refractivity contribution >= 4 is 11.9 Å². The number of ether oxygens (including phenoxy) is 1. The molecule has 0 atom stereocenters. The van der Waals surface area contributed by atoms with Gasteiger partial charge < -0.3 is 25.6 Å². The largest absolute Gasteiger partial charge is 0.494 e. The van der Waals surface area contributed by atoms with Gasteiger partial charge in [-0.3, -0.25) is 9.79 Å². The molecular formula is C20H35N5O2. The van der Waals surface area contributed by atoms with Gasteiger partial charge in [-0.05, 0) is 59.0 Å². The maximum absolute atomic E-state index is 11.9. The molecule has 7 heteroatoms. The van der Waals surface area contributed by atoms with Crippen molar-refractivity contribution in [1.29, 1.82) is 0 Å². The van der Waals surface area contributed by atoms with Crippen molar-refractivity contribution < 1.29 is 9.53 Å². The Balaban J connectivity index is 2.35. The Morgan fingerprint density at radius 2 is 1.81 bits per heavy atom. The minimum absolute atomic E-state index is 0.0683. The lowest BCUT2D eigenvalue weighted by molar-refractivity contribution is -0.121. The van der Waals surface area contributed by atoms with Crippen LogP contribution in [-0.2, 0) is 11.3 Å². The molecule has 0 aliphatic carbocycles. The van der Waals surface area contributed by atoms with Crippen LogP contribution in [0.5, 0.6) is 5.75 Å². The van der Waals surface area contributed by atoms with Crippen LogP contribution >= 0.6 is 0 Å². The highest BCUT2D eigenvalue weighted by Gasteiger charge is 2.13. The van der Waals surface area contributed by atoms with Gasteiger partial charge in [-0.25, -0.2) is 0 Å². The molecule has 0 bridgehead atoms. The first-order chi connectivity index (χ1) is 12.7. The number of amides is 1. The Bertz CT molecular complexity index is 591. The van der Waals surface area contributed by atoms with Gasteiger partial charge in [0.05, 0.1) is 13.2 Å². The van der Waals surface area contributed by atoms with E-state index < -0.39 is 0 Å². The van der Waals surface area contributed by atoms with E-state index >= 15 is 0 Å². The van der Waals surface area contributed by atoms with E-state index in [2.05, 4.69) is 39.9 Å². The van der Waals surface area contributed by atoms with E-state index in [1.54, 1.807) is 7.05 Å². The number of carbonyl (C=O) groups is 1. The molecule has 27 heavy (non-hydrogen) atoms. The van der Waals surface area contributed by atoms with Crippen molar-refractivity contribution in [2.75, 3.05) is 40.8 Å². The molecule has 1 rings (SSSR count). The Morgan fingerprint density at radius 3 is 2.37 bits per heavy atom. The van der Waals surface area contributed by atoms with Crippen LogP contribution in [0.1, 0.15) is 32.8 Å². The summed E-state index contributed by atoms with van der Waals surface area (Å²) in [5, 5.41) is 9.12. The van der Waals surface area contributed by atoms with Crippen molar-refractivity contribution in [3.05, 3.63) is 29.8 Å². The standard InChI is InChI=1S/C20H35N5O2/c1-20(2,3)24-18(26)15-23-19(21-4)22-14-16-8-10-17(11-9-16)27-13-7-12-25(5)6/h8-11H,7,12-15H2,1-6H3,(H,24,26)(H2,21,22,23). The molecule has 0 aromatic heterocycles. The molecule has 1 aromatic rings. The van der Waals surface area contributed by atoms with Crippen LogP contribution in [0, 0.1) is 0 Å². The molecule has 0 heterocycles. The summed E-state index contributed by atoms with van der Waals surface area (Å²) in [7, 11) is 5.80. The van der Waals surface area contributed by atoms with Gasteiger partial charge in [0.2, 0.25) is 5.91 Å². The van der Waals surface area contributed by atoms with Crippen LogP contribution in [-0.4, -0.2) is 63.1 Å². The minimum atomic E-state index is -0.244. The van der Waals surface area contributed by atoms with Crippen molar-refractivity contribution in [1.82, 2.24) is 20.9 Å².